The Morgan fingerprint density at radius 1 is 0.514 bits per heavy atom. The average molecular weight is 525 g/mol. The standard InChI is InChI=1S/C33H64O4/c1-26(2)22-24-36-31(34)21-19-17-15-13-11-9-10-12-14-16-18-20-30(28(5)6)32(29(7)8)33(35)37-25-23-27(3)4/h26-30,32H,9-25H2,1-8H3. The highest BCUT2D eigenvalue weighted by Gasteiger charge is 2.33. The van der Waals surface area contributed by atoms with E-state index in [1.165, 1.54) is 57.8 Å². The van der Waals surface area contributed by atoms with Crippen LogP contribution in [0, 0.1) is 35.5 Å². The third kappa shape index (κ3) is 20.6. The summed E-state index contributed by atoms with van der Waals surface area (Å²) < 4.78 is 11.0. The van der Waals surface area contributed by atoms with Gasteiger partial charge in [-0.25, -0.2) is 0 Å². The number of rotatable bonds is 24. The minimum Gasteiger partial charge on any atom is -0.466 e. The highest BCUT2D eigenvalue weighted by atomic mass is 16.5. The normalized spacial score (nSPS) is 13.5. The van der Waals surface area contributed by atoms with Gasteiger partial charge in [-0.15, -0.1) is 0 Å². The lowest BCUT2D eigenvalue weighted by molar-refractivity contribution is -0.154. The van der Waals surface area contributed by atoms with Gasteiger partial charge >= 0.3 is 11.9 Å². The van der Waals surface area contributed by atoms with Crippen molar-refractivity contribution >= 4 is 11.9 Å². The van der Waals surface area contributed by atoms with E-state index in [0.717, 1.165) is 32.1 Å². The van der Waals surface area contributed by atoms with Crippen LogP contribution in [0.15, 0.2) is 0 Å². The Morgan fingerprint density at radius 2 is 0.946 bits per heavy atom. The van der Waals surface area contributed by atoms with Gasteiger partial charge < -0.3 is 9.47 Å². The Kier molecular flexibility index (Phi) is 22.2. The van der Waals surface area contributed by atoms with Crippen molar-refractivity contribution in [2.24, 2.45) is 35.5 Å². The first kappa shape index (κ1) is 35.9. The second-order valence-electron chi connectivity index (χ2n) is 12.9. The van der Waals surface area contributed by atoms with Gasteiger partial charge in [0.2, 0.25) is 0 Å². The molecule has 0 spiro atoms. The fourth-order valence-electron chi connectivity index (χ4n) is 5.08. The Labute approximate surface area is 231 Å². The molecule has 2 atom stereocenters. The van der Waals surface area contributed by atoms with Crippen molar-refractivity contribution in [1.82, 2.24) is 0 Å². The Hall–Kier alpha value is -1.06. The van der Waals surface area contributed by atoms with Crippen LogP contribution in [0.1, 0.15) is 152 Å². The molecular formula is C33H64O4. The topological polar surface area (TPSA) is 52.6 Å². The molecule has 0 aliphatic heterocycles. The summed E-state index contributed by atoms with van der Waals surface area (Å²) in [5.74, 6) is 2.40. The summed E-state index contributed by atoms with van der Waals surface area (Å²) in [6.07, 6.45) is 17.3. The van der Waals surface area contributed by atoms with Gasteiger partial charge in [-0.3, -0.25) is 9.59 Å². The van der Waals surface area contributed by atoms with Crippen LogP contribution >= 0.6 is 0 Å². The van der Waals surface area contributed by atoms with Crippen LogP contribution in [0.5, 0.6) is 0 Å². The van der Waals surface area contributed by atoms with Crippen LogP contribution < -0.4 is 0 Å². The number of hydrogen-bond acceptors (Lipinski definition) is 4. The molecule has 37 heavy (non-hydrogen) atoms. The van der Waals surface area contributed by atoms with E-state index in [1.807, 2.05) is 0 Å². The van der Waals surface area contributed by atoms with E-state index in [4.69, 9.17) is 9.47 Å². The van der Waals surface area contributed by atoms with Crippen molar-refractivity contribution < 1.29 is 19.1 Å². The van der Waals surface area contributed by atoms with Crippen LogP contribution in [0.4, 0.5) is 0 Å². The maximum atomic E-state index is 12.9. The minimum absolute atomic E-state index is 0.0164. The summed E-state index contributed by atoms with van der Waals surface area (Å²) in [6.45, 7) is 18.6. The lowest BCUT2D eigenvalue weighted by Crippen LogP contribution is -2.33. The molecule has 0 bridgehead atoms. The van der Waals surface area contributed by atoms with E-state index in [1.54, 1.807) is 0 Å². The molecule has 0 aromatic rings. The second kappa shape index (κ2) is 22.9. The van der Waals surface area contributed by atoms with Crippen molar-refractivity contribution in [3.8, 4) is 0 Å². The molecule has 0 aromatic heterocycles. The molecule has 4 nitrogen and oxygen atoms in total. The monoisotopic (exact) mass is 524 g/mol. The summed E-state index contributed by atoms with van der Waals surface area (Å²) in [6, 6.07) is 0. The van der Waals surface area contributed by atoms with Crippen LogP contribution in [0.3, 0.4) is 0 Å². The number of unbranched alkanes of at least 4 members (excludes halogenated alkanes) is 10. The summed E-state index contributed by atoms with van der Waals surface area (Å²) >= 11 is 0. The minimum atomic E-state index is -0.0262. The molecular weight excluding hydrogens is 460 g/mol. The molecule has 0 radical (unpaired) electrons. The highest BCUT2D eigenvalue weighted by Crippen LogP contribution is 2.33. The van der Waals surface area contributed by atoms with Crippen LogP contribution in [0.25, 0.3) is 0 Å². The summed E-state index contributed by atoms with van der Waals surface area (Å²) in [5, 5.41) is 0. The molecule has 0 amide bonds. The fourth-order valence-corrected chi connectivity index (χ4v) is 5.08. The molecule has 0 aromatic carbocycles. The SMILES string of the molecule is CC(C)CCOC(=O)CCCCCCCCCCCCCC(C(C)C)C(C(=O)OCCC(C)C)C(C)C. The molecule has 0 heterocycles. The lowest BCUT2D eigenvalue weighted by Gasteiger charge is -2.31. The quantitative estimate of drug-likeness (QED) is 0.0931. The molecule has 0 aliphatic rings. The van der Waals surface area contributed by atoms with Gasteiger partial charge in [0.25, 0.3) is 0 Å². The molecule has 0 saturated carbocycles. The van der Waals surface area contributed by atoms with Crippen molar-refractivity contribution in [3.05, 3.63) is 0 Å². The lowest BCUT2D eigenvalue weighted by atomic mass is 9.74. The van der Waals surface area contributed by atoms with Gasteiger partial charge in [0.15, 0.2) is 0 Å². The summed E-state index contributed by atoms with van der Waals surface area (Å²) in [7, 11) is 0. The first-order valence-electron chi connectivity index (χ1n) is 15.9. The third-order valence-electron chi connectivity index (χ3n) is 7.62. The van der Waals surface area contributed by atoms with Gasteiger partial charge in [0.1, 0.15) is 0 Å². The molecule has 0 saturated heterocycles. The van der Waals surface area contributed by atoms with Gasteiger partial charge in [0, 0.05) is 6.42 Å². The summed E-state index contributed by atoms with van der Waals surface area (Å²) in [5.41, 5.74) is 0. The van der Waals surface area contributed by atoms with Crippen molar-refractivity contribution in [2.75, 3.05) is 13.2 Å². The fraction of sp³-hybridized carbons (Fsp3) is 0.939. The zero-order chi connectivity index (χ0) is 28.1. The molecule has 0 N–H and O–H groups in total. The largest absolute Gasteiger partial charge is 0.466 e. The average Bonchev–Trinajstić information content (AvgIpc) is 2.80. The van der Waals surface area contributed by atoms with Crippen molar-refractivity contribution in [2.45, 2.75) is 152 Å². The Bertz CT molecular complexity index is 553. The number of ether oxygens (including phenoxy) is 2. The highest BCUT2D eigenvalue weighted by molar-refractivity contribution is 5.73. The van der Waals surface area contributed by atoms with Gasteiger partial charge in [-0.1, -0.05) is 120 Å². The van der Waals surface area contributed by atoms with Gasteiger partial charge in [-0.05, 0) is 55.3 Å². The molecule has 0 rings (SSSR count). The predicted molar refractivity (Wildman–Crippen MR) is 158 cm³/mol. The maximum Gasteiger partial charge on any atom is 0.309 e. The van der Waals surface area contributed by atoms with Crippen LogP contribution in [-0.4, -0.2) is 25.2 Å². The van der Waals surface area contributed by atoms with E-state index < -0.39 is 0 Å². The zero-order valence-corrected chi connectivity index (χ0v) is 26.1. The molecule has 220 valence electrons. The van der Waals surface area contributed by atoms with E-state index in [0.29, 0.717) is 49.2 Å². The summed E-state index contributed by atoms with van der Waals surface area (Å²) in [4.78, 5) is 24.6. The first-order valence-corrected chi connectivity index (χ1v) is 15.9. The smallest absolute Gasteiger partial charge is 0.309 e. The van der Waals surface area contributed by atoms with Gasteiger partial charge in [-0.2, -0.15) is 0 Å². The van der Waals surface area contributed by atoms with Gasteiger partial charge in [0.05, 0.1) is 19.1 Å². The van der Waals surface area contributed by atoms with E-state index in [-0.39, 0.29) is 17.9 Å². The van der Waals surface area contributed by atoms with E-state index in [9.17, 15) is 9.59 Å². The van der Waals surface area contributed by atoms with Crippen LogP contribution in [0.2, 0.25) is 0 Å². The predicted octanol–water partition coefficient (Wildman–Crippen LogP) is 9.78. The number of carbonyl (C=O) groups is 2. The van der Waals surface area contributed by atoms with E-state index in [2.05, 4.69) is 55.4 Å². The number of hydrogen-bond donors (Lipinski definition) is 0. The molecule has 0 fully saturated rings. The first-order chi connectivity index (χ1) is 17.6. The van der Waals surface area contributed by atoms with Crippen molar-refractivity contribution in [3.63, 3.8) is 0 Å². The third-order valence-corrected chi connectivity index (χ3v) is 7.62. The van der Waals surface area contributed by atoms with Crippen LogP contribution in [-0.2, 0) is 19.1 Å². The zero-order valence-electron chi connectivity index (χ0n) is 26.1. The maximum absolute atomic E-state index is 12.9. The number of carbonyl (C=O) groups excluding carboxylic acids is 2. The molecule has 4 heteroatoms. The second-order valence-corrected chi connectivity index (χ2v) is 12.9. The molecule has 0 aliphatic carbocycles. The van der Waals surface area contributed by atoms with Crippen molar-refractivity contribution in [1.29, 1.82) is 0 Å². The Morgan fingerprint density at radius 3 is 1.38 bits per heavy atom. The molecule has 2 unspecified atom stereocenters. The van der Waals surface area contributed by atoms with E-state index >= 15 is 0 Å². The number of esters is 2. The Balaban J connectivity index is 3.89.